The topological polar surface area (TPSA) is 95.5 Å². The van der Waals surface area contributed by atoms with Gasteiger partial charge in [-0.2, -0.15) is 0 Å². The van der Waals surface area contributed by atoms with Crippen molar-refractivity contribution in [1.82, 2.24) is 15.6 Å². The van der Waals surface area contributed by atoms with Crippen molar-refractivity contribution >= 4 is 11.6 Å². The van der Waals surface area contributed by atoms with Gasteiger partial charge in [-0.1, -0.05) is 38.1 Å². The lowest BCUT2D eigenvalue weighted by molar-refractivity contribution is 0.0813. The summed E-state index contributed by atoms with van der Waals surface area (Å²) in [5.74, 6) is 1.13. The van der Waals surface area contributed by atoms with Crippen molar-refractivity contribution in [3.05, 3.63) is 89.2 Å². The second-order valence-electron chi connectivity index (χ2n) is 11.7. The van der Waals surface area contributed by atoms with E-state index in [1.807, 2.05) is 54.9 Å². The van der Waals surface area contributed by atoms with Gasteiger partial charge in [0.15, 0.2) is 0 Å². The van der Waals surface area contributed by atoms with Crippen LogP contribution in [-0.4, -0.2) is 47.8 Å². The third kappa shape index (κ3) is 8.54. The van der Waals surface area contributed by atoms with Gasteiger partial charge in [-0.25, -0.2) is 0 Å². The third-order valence-corrected chi connectivity index (χ3v) is 7.34. The molecular weight excluding hydrogens is 500 g/mol. The van der Waals surface area contributed by atoms with Crippen molar-refractivity contribution in [2.24, 2.45) is 5.92 Å². The first kappa shape index (κ1) is 29.6. The summed E-state index contributed by atoms with van der Waals surface area (Å²) in [4.78, 5) is 17.8. The summed E-state index contributed by atoms with van der Waals surface area (Å²) in [5.41, 5.74) is 4.30. The summed E-state index contributed by atoms with van der Waals surface area (Å²) < 4.78 is 5.99. The average Bonchev–Trinajstić information content (AvgIpc) is 2.93. The van der Waals surface area contributed by atoms with E-state index in [0.29, 0.717) is 31.1 Å². The number of fused-ring (bicyclic) bond motifs is 4. The Balaban J connectivity index is 1.53. The molecule has 1 aliphatic rings. The van der Waals surface area contributed by atoms with Gasteiger partial charge in [0, 0.05) is 42.3 Å². The highest BCUT2D eigenvalue weighted by Gasteiger charge is 2.27. The molecule has 7 nitrogen and oxygen atoms in total. The number of carbonyl (C=O) groups excluding carboxylic acids is 1. The van der Waals surface area contributed by atoms with Crippen molar-refractivity contribution in [2.75, 3.05) is 25.0 Å². The highest BCUT2D eigenvalue weighted by molar-refractivity contribution is 5.95. The molecule has 4 rings (SSSR count). The first-order valence-corrected chi connectivity index (χ1v) is 14.4. The van der Waals surface area contributed by atoms with E-state index in [1.54, 1.807) is 6.07 Å². The number of rotatable bonds is 7. The zero-order valence-corrected chi connectivity index (χ0v) is 24.2. The van der Waals surface area contributed by atoms with Gasteiger partial charge in [-0.3, -0.25) is 9.78 Å². The first-order valence-electron chi connectivity index (χ1n) is 14.4. The molecule has 4 bridgehead atoms. The monoisotopic (exact) mass is 544 g/mol. The number of aliphatic hydroxyl groups is 1. The van der Waals surface area contributed by atoms with Gasteiger partial charge >= 0.3 is 0 Å². The Hall–Kier alpha value is -3.42. The highest BCUT2D eigenvalue weighted by atomic mass is 16.5. The van der Waals surface area contributed by atoms with Crippen LogP contribution < -0.4 is 20.7 Å². The Labute approximate surface area is 238 Å². The van der Waals surface area contributed by atoms with E-state index in [1.165, 1.54) is 5.56 Å². The number of amides is 1. The number of aliphatic hydroxyl groups excluding tert-OH is 1. The molecule has 40 heavy (non-hydrogen) atoms. The average molecular weight is 545 g/mol. The minimum atomic E-state index is -0.834. The maximum absolute atomic E-state index is 13.4. The van der Waals surface area contributed by atoms with E-state index in [9.17, 15) is 9.90 Å². The number of aromatic nitrogens is 1. The van der Waals surface area contributed by atoms with Gasteiger partial charge in [-0.05, 0) is 92.5 Å². The van der Waals surface area contributed by atoms with Gasteiger partial charge in [0.25, 0.3) is 5.91 Å². The molecule has 2 heterocycles. The lowest BCUT2D eigenvalue weighted by Crippen LogP contribution is -2.51. The maximum Gasteiger partial charge on any atom is 0.251 e. The number of hydrogen-bond donors (Lipinski definition) is 4. The molecule has 0 spiro atoms. The first-order chi connectivity index (χ1) is 19.2. The molecule has 2 atom stereocenters. The Bertz CT molecular complexity index is 1260. The molecule has 1 aliphatic heterocycles. The van der Waals surface area contributed by atoms with Crippen LogP contribution in [0.1, 0.15) is 67.6 Å². The number of benzene rings is 2. The van der Waals surface area contributed by atoms with Crippen LogP contribution in [0, 0.1) is 5.92 Å². The molecule has 0 saturated carbocycles. The molecule has 4 N–H and O–H groups in total. The zero-order valence-electron chi connectivity index (χ0n) is 24.2. The van der Waals surface area contributed by atoms with Crippen LogP contribution in [0.15, 0.2) is 67.0 Å². The standard InChI is InChI=1S/C33H44N4O3/c1-23(2)15-25-16-27(21-34-20-25)33(3,4)36-22-31(38)30-18-24-9-7-12-29(17-24)40-14-6-5-13-35-28-11-8-10-26(19-28)32(39)37-30/h7-12,16-17,19-21,23,30-31,35-36,38H,5-6,13-15,18,22H2,1-4H3,(H,37,39)/t30-,31+/m0/s1. The molecule has 7 heteroatoms. The number of carbonyl (C=O) groups is 1. The fourth-order valence-corrected chi connectivity index (χ4v) is 4.99. The van der Waals surface area contributed by atoms with Gasteiger partial charge in [0.1, 0.15) is 5.75 Å². The quantitative estimate of drug-likeness (QED) is 0.331. The van der Waals surface area contributed by atoms with Gasteiger partial charge in [0.2, 0.25) is 0 Å². The predicted molar refractivity (Wildman–Crippen MR) is 161 cm³/mol. The fraction of sp³-hybridized carbons (Fsp3) is 0.455. The van der Waals surface area contributed by atoms with Crippen LogP contribution in [-0.2, 0) is 18.4 Å². The smallest absolute Gasteiger partial charge is 0.251 e. The van der Waals surface area contributed by atoms with E-state index in [2.05, 4.69) is 54.7 Å². The SMILES string of the molecule is CC(C)Cc1cncc(C(C)(C)NC[C@@H](O)[C@@H]2Cc3cccc(c3)OCCCCNc3cccc(c3)C(=O)N2)c1. The maximum atomic E-state index is 13.4. The van der Waals surface area contributed by atoms with Crippen molar-refractivity contribution in [1.29, 1.82) is 0 Å². The van der Waals surface area contributed by atoms with Crippen molar-refractivity contribution in [3.63, 3.8) is 0 Å². The summed E-state index contributed by atoms with van der Waals surface area (Å²) in [6.45, 7) is 10.3. The molecule has 1 aromatic heterocycles. The second-order valence-corrected chi connectivity index (χ2v) is 11.7. The van der Waals surface area contributed by atoms with Crippen molar-refractivity contribution in [3.8, 4) is 5.75 Å². The van der Waals surface area contributed by atoms with E-state index >= 15 is 0 Å². The number of ether oxygens (including phenoxy) is 1. The van der Waals surface area contributed by atoms with Crippen LogP contribution in [0.2, 0.25) is 0 Å². The molecule has 2 aromatic carbocycles. The molecular formula is C33H44N4O3. The fourth-order valence-electron chi connectivity index (χ4n) is 4.99. The highest BCUT2D eigenvalue weighted by Crippen LogP contribution is 2.22. The van der Waals surface area contributed by atoms with Crippen LogP contribution in [0.4, 0.5) is 5.69 Å². The number of hydrogen-bond acceptors (Lipinski definition) is 6. The normalized spacial score (nSPS) is 17.4. The molecule has 0 fully saturated rings. The van der Waals surface area contributed by atoms with Crippen LogP contribution in [0.3, 0.4) is 0 Å². The summed E-state index contributed by atoms with van der Waals surface area (Å²) in [5, 5.41) is 21.5. The molecule has 0 radical (unpaired) electrons. The third-order valence-electron chi connectivity index (χ3n) is 7.34. The lowest BCUT2D eigenvalue weighted by Gasteiger charge is -2.31. The van der Waals surface area contributed by atoms with Gasteiger partial charge in [-0.15, -0.1) is 0 Å². The van der Waals surface area contributed by atoms with E-state index in [0.717, 1.165) is 48.4 Å². The Kier molecular flexibility index (Phi) is 10.2. The summed E-state index contributed by atoms with van der Waals surface area (Å²) in [7, 11) is 0. The molecule has 0 unspecified atom stereocenters. The van der Waals surface area contributed by atoms with Crippen molar-refractivity contribution in [2.45, 2.75) is 71.1 Å². The number of anilines is 1. The summed E-state index contributed by atoms with van der Waals surface area (Å²) in [6.07, 6.45) is 6.29. The van der Waals surface area contributed by atoms with Gasteiger partial charge in [0.05, 0.1) is 18.8 Å². The van der Waals surface area contributed by atoms with E-state index in [4.69, 9.17) is 4.74 Å². The number of nitrogens with zero attached hydrogens (tertiary/aromatic N) is 1. The van der Waals surface area contributed by atoms with E-state index < -0.39 is 17.7 Å². The molecule has 0 aliphatic carbocycles. The number of nitrogens with one attached hydrogen (secondary N) is 3. The summed E-state index contributed by atoms with van der Waals surface area (Å²) in [6, 6.07) is 17.1. The zero-order chi connectivity index (χ0) is 28.5. The van der Waals surface area contributed by atoms with Crippen LogP contribution in [0.25, 0.3) is 0 Å². The van der Waals surface area contributed by atoms with E-state index in [-0.39, 0.29) is 5.91 Å². The second kappa shape index (κ2) is 13.8. The number of pyridine rings is 1. The Morgan fingerprint density at radius 2 is 1.93 bits per heavy atom. The minimum absolute atomic E-state index is 0.211. The Morgan fingerprint density at radius 3 is 2.75 bits per heavy atom. The lowest BCUT2D eigenvalue weighted by atomic mass is 9.92. The largest absolute Gasteiger partial charge is 0.494 e. The molecule has 0 saturated heterocycles. The van der Waals surface area contributed by atoms with Crippen LogP contribution >= 0.6 is 0 Å². The van der Waals surface area contributed by atoms with Gasteiger partial charge < -0.3 is 25.8 Å². The summed E-state index contributed by atoms with van der Waals surface area (Å²) >= 11 is 0. The molecule has 1 amide bonds. The Morgan fingerprint density at radius 1 is 1.10 bits per heavy atom. The molecule has 3 aromatic rings. The molecule has 214 valence electrons. The van der Waals surface area contributed by atoms with Crippen molar-refractivity contribution < 1.29 is 14.6 Å². The van der Waals surface area contributed by atoms with Crippen LogP contribution in [0.5, 0.6) is 5.75 Å². The predicted octanol–water partition coefficient (Wildman–Crippen LogP) is 5.09. The minimum Gasteiger partial charge on any atom is -0.494 e.